The first-order valence-corrected chi connectivity index (χ1v) is 7.93. The summed E-state index contributed by atoms with van der Waals surface area (Å²) in [6.07, 6.45) is -5.00. The van der Waals surface area contributed by atoms with Gasteiger partial charge in [0.25, 0.3) is 11.6 Å². The highest BCUT2D eigenvalue weighted by molar-refractivity contribution is 5.95. The van der Waals surface area contributed by atoms with Crippen molar-refractivity contribution in [1.29, 1.82) is 0 Å². The van der Waals surface area contributed by atoms with Crippen molar-refractivity contribution in [3.8, 4) is 0 Å². The lowest BCUT2D eigenvalue weighted by molar-refractivity contribution is -0.384. The van der Waals surface area contributed by atoms with Crippen LogP contribution in [0.5, 0.6) is 0 Å². The first kappa shape index (κ1) is 20.9. The summed E-state index contributed by atoms with van der Waals surface area (Å²) in [6, 6.07) is 8.40. The van der Waals surface area contributed by atoms with Crippen molar-refractivity contribution in [1.82, 2.24) is 0 Å². The summed E-state index contributed by atoms with van der Waals surface area (Å²) in [5, 5.41) is 13.3. The van der Waals surface area contributed by atoms with Gasteiger partial charge in [0.15, 0.2) is 6.61 Å². The highest BCUT2D eigenvalue weighted by Gasteiger charge is 2.30. The van der Waals surface area contributed by atoms with Crippen LogP contribution in [0.2, 0.25) is 0 Å². The number of ether oxygens (including phenoxy) is 1. The van der Waals surface area contributed by atoms with Crippen LogP contribution in [-0.4, -0.2) is 23.4 Å². The zero-order chi connectivity index (χ0) is 20.9. The number of para-hydroxylation sites is 1. The highest BCUT2D eigenvalue weighted by Crippen LogP contribution is 2.30. The van der Waals surface area contributed by atoms with Gasteiger partial charge in [-0.2, -0.15) is 13.2 Å². The molecule has 0 spiro atoms. The fourth-order valence-electron chi connectivity index (χ4n) is 2.36. The number of alkyl halides is 3. The molecule has 0 atom stereocenters. The third-order valence-electron chi connectivity index (χ3n) is 3.68. The molecule has 28 heavy (non-hydrogen) atoms. The molecule has 1 N–H and O–H groups in total. The molecule has 1 amide bonds. The molecule has 0 unspecified atom stereocenters. The van der Waals surface area contributed by atoms with Crippen LogP contribution in [-0.2, 0) is 26.9 Å². The second-order valence-electron chi connectivity index (χ2n) is 5.81. The SMILES string of the molecule is Cc1cccc([N+](=O)[O-])c1NC(=O)COC(=O)Cc1cccc(C(F)(F)F)c1. The quantitative estimate of drug-likeness (QED) is 0.457. The monoisotopic (exact) mass is 396 g/mol. The zero-order valence-corrected chi connectivity index (χ0v) is 14.6. The third kappa shape index (κ3) is 5.53. The van der Waals surface area contributed by atoms with E-state index in [0.717, 1.165) is 18.2 Å². The van der Waals surface area contributed by atoms with Gasteiger partial charge >= 0.3 is 12.1 Å². The Balaban J connectivity index is 1.95. The van der Waals surface area contributed by atoms with Crippen LogP contribution in [0.25, 0.3) is 0 Å². The minimum Gasteiger partial charge on any atom is -0.455 e. The maximum atomic E-state index is 12.7. The van der Waals surface area contributed by atoms with Crippen LogP contribution in [0.1, 0.15) is 16.7 Å². The van der Waals surface area contributed by atoms with Crippen molar-refractivity contribution in [2.24, 2.45) is 0 Å². The lowest BCUT2D eigenvalue weighted by Crippen LogP contribution is -2.22. The van der Waals surface area contributed by atoms with Crippen LogP contribution < -0.4 is 5.32 Å². The molecule has 0 aliphatic rings. The summed E-state index contributed by atoms with van der Waals surface area (Å²) in [4.78, 5) is 34.1. The predicted molar refractivity (Wildman–Crippen MR) is 92.6 cm³/mol. The van der Waals surface area contributed by atoms with E-state index >= 15 is 0 Å². The minimum atomic E-state index is -4.54. The molecule has 0 aliphatic heterocycles. The van der Waals surface area contributed by atoms with Crippen molar-refractivity contribution in [2.45, 2.75) is 19.5 Å². The first-order chi connectivity index (χ1) is 13.1. The van der Waals surface area contributed by atoms with Gasteiger partial charge in [0.05, 0.1) is 16.9 Å². The number of benzene rings is 2. The molecule has 2 rings (SSSR count). The van der Waals surface area contributed by atoms with Crippen molar-refractivity contribution >= 4 is 23.3 Å². The molecule has 2 aromatic rings. The number of carbonyl (C=O) groups is 2. The molecular formula is C18H15F3N2O5. The van der Waals surface area contributed by atoms with Crippen molar-refractivity contribution in [3.05, 3.63) is 69.3 Å². The van der Waals surface area contributed by atoms with Crippen LogP contribution in [0.4, 0.5) is 24.5 Å². The van der Waals surface area contributed by atoms with Crippen molar-refractivity contribution in [2.75, 3.05) is 11.9 Å². The average molecular weight is 396 g/mol. The maximum absolute atomic E-state index is 12.7. The number of carbonyl (C=O) groups excluding carboxylic acids is 2. The standard InChI is InChI=1S/C18H15F3N2O5/c1-11-4-2-7-14(23(26)27)17(11)22-15(24)10-28-16(25)9-12-5-3-6-13(8-12)18(19,20)21/h2-8H,9-10H2,1H3,(H,22,24). The lowest BCUT2D eigenvalue weighted by Gasteiger charge is -2.10. The Hall–Kier alpha value is -3.43. The molecule has 7 nitrogen and oxygen atoms in total. The summed E-state index contributed by atoms with van der Waals surface area (Å²) in [6.45, 7) is 0.825. The molecule has 148 valence electrons. The number of nitro groups is 1. The van der Waals surface area contributed by atoms with Gasteiger partial charge in [-0.15, -0.1) is 0 Å². The molecule has 0 heterocycles. The second-order valence-corrected chi connectivity index (χ2v) is 5.81. The van der Waals surface area contributed by atoms with Gasteiger partial charge in [-0.3, -0.25) is 19.7 Å². The number of aryl methyl sites for hydroxylation is 1. The Morgan fingerprint density at radius 3 is 2.50 bits per heavy atom. The zero-order valence-electron chi connectivity index (χ0n) is 14.6. The summed E-state index contributed by atoms with van der Waals surface area (Å²) in [5.74, 6) is -1.72. The van der Waals surface area contributed by atoms with E-state index in [1.54, 1.807) is 13.0 Å². The Morgan fingerprint density at radius 2 is 1.86 bits per heavy atom. The summed E-state index contributed by atoms with van der Waals surface area (Å²) in [5.41, 5.74) is -0.718. The first-order valence-electron chi connectivity index (χ1n) is 7.93. The van der Waals surface area contributed by atoms with Gasteiger partial charge in [0, 0.05) is 6.07 Å². The van der Waals surface area contributed by atoms with E-state index in [2.05, 4.69) is 5.32 Å². The highest BCUT2D eigenvalue weighted by atomic mass is 19.4. The predicted octanol–water partition coefficient (Wildman–Crippen LogP) is 3.65. The molecule has 0 bridgehead atoms. The number of rotatable bonds is 6. The normalized spacial score (nSPS) is 11.0. The van der Waals surface area contributed by atoms with Gasteiger partial charge in [0.2, 0.25) is 0 Å². The van der Waals surface area contributed by atoms with Gasteiger partial charge in [-0.1, -0.05) is 30.3 Å². The summed E-state index contributed by atoms with van der Waals surface area (Å²) < 4.78 is 42.8. The van der Waals surface area contributed by atoms with E-state index in [0.29, 0.717) is 5.56 Å². The van der Waals surface area contributed by atoms with Crippen LogP contribution >= 0.6 is 0 Å². The Kier molecular flexibility index (Phi) is 6.34. The molecule has 10 heteroatoms. The van der Waals surface area contributed by atoms with Gasteiger partial charge in [0.1, 0.15) is 5.69 Å². The number of nitrogens with one attached hydrogen (secondary N) is 1. The van der Waals surface area contributed by atoms with E-state index in [9.17, 15) is 32.9 Å². The molecule has 2 aromatic carbocycles. The molecule has 0 fully saturated rings. The lowest BCUT2D eigenvalue weighted by atomic mass is 10.1. The number of halogens is 3. The summed E-state index contributed by atoms with van der Waals surface area (Å²) in [7, 11) is 0. The summed E-state index contributed by atoms with van der Waals surface area (Å²) >= 11 is 0. The third-order valence-corrected chi connectivity index (χ3v) is 3.68. The van der Waals surface area contributed by atoms with Gasteiger partial charge in [-0.25, -0.2) is 0 Å². The van der Waals surface area contributed by atoms with Crippen LogP contribution in [0.15, 0.2) is 42.5 Å². The number of hydrogen-bond donors (Lipinski definition) is 1. The van der Waals surface area contributed by atoms with Crippen LogP contribution in [0.3, 0.4) is 0 Å². The van der Waals surface area contributed by atoms with E-state index in [1.807, 2.05) is 0 Å². The number of esters is 1. The molecule has 0 aromatic heterocycles. The van der Waals surface area contributed by atoms with E-state index in [1.165, 1.54) is 18.2 Å². The molecule has 0 saturated heterocycles. The molecule has 0 saturated carbocycles. The molecular weight excluding hydrogens is 381 g/mol. The number of nitro benzene ring substituents is 1. The topological polar surface area (TPSA) is 98.5 Å². The molecule has 0 aliphatic carbocycles. The molecule has 0 radical (unpaired) electrons. The largest absolute Gasteiger partial charge is 0.455 e. The van der Waals surface area contributed by atoms with Crippen molar-refractivity contribution < 1.29 is 32.4 Å². The van der Waals surface area contributed by atoms with E-state index in [4.69, 9.17) is 4.74 Å². The van der Waals surface area contributed by atoms with Crippen molar-refractivity contribution in [3.63, 3.8) is 0 Å². The average Bonchev–Trinajstić information content (AvgIpc) is 2.61. The van der Waals surface area contributed by atoms with E-state index in [-0.39, 0.29) is 16.9 Å². The smallest absolute Gasteiger partial charge is 0.416 e. The fraction of sp³-hybridized carbons (Fsp3) is 0.222. The Bertz CT molecular complexity index is 912. The number of amides is 1. The van der Waals surface area contributed by atoms with Gasteiger partial charge < -0.3 is 10.1 Å². The van der Waals surface area contributed by atoms with E-state index < -0.39 is 41.6 Å². The Morgan fingerprint density at radius 1 is 1.18 bits per heavy atom. The number of anilines is 1. The fourth-order valence-corrected chi connectivity index (χ4v) is 2.36. The number of nitrogens with zero attached hydrogens (tertiary/aromatic N) is 1. The second kappa shape index (κ2) is 8.51. The maximum Gasteiger partial charge on any atom is 0.416 e. The van der Waals surface area contributed by atoms with Gasteiger partial charge in [-0.05, 0) is 24.1 Å². The minimum absolute atomic E-state index is 0.0218. The Labute approximate surface area is 157 Å². The van der Waals surface area contributed by atoms with Crippen LogP contribution in [0, 0.1) is 17.0 Å². The number of hydrogen-bond acceptors (Lipinski definition) is 5.